The lowest BCUT2D eigenvalue weighted by molar-refractivity contribution is -0.144. The molecule has 0 rings (SSSR count). The van der Waals surface area contributed by atoms with E-state index in [4.69, 9.17) is 9.47 Å². The van der Waals surface area contributed by atoms with Crippen molar-refractivity contribution in [3.8, 4) is 11.8 Å². The van der Waals surface area contributed by atoms with Crippen molar-refractivity contribution in [1.82, 2.24) is 0 Å². The SMILES string of the molecule is CCC(C#CC(C)OC(C)=O)OC(C)=O. The third-order valence-corrected chi connectivity index (χ3v) is 1.47. The molecule has 0 radical (unpaired) electrons. The molecule has 0 aliphatic heterocycles. The predicted molar refractivity (Wildman–Crippen MR) is 54.8 cm³/mol. The lowest BCUT2D eigenvalue weighted by Crippen LogP contribution is -2.15. The van der Waals surface area contributed by atoms with Crippen LogP contribution in [0.25, 0.3) is 0 Å². The molecule has 84 valence electrons. The van der Waals surface area contributed by atoms with Crippen LogP contribution in [0.4, 0.5) is 0 Å². The maximum atomic E-state index is 10.7. The molecule has 4 nitrogen and oxygen atoms in total. The largest absolute Gasteiger partial charge is 0.450 e. The highest BCUT2D eigenvalue weighted by molar-refractivity contribution is 5.67. The minimum Gasteiger partial charge on any atom is -0.450 e. The zero-order chi connectivity index (χ0) is 11.8. The van der Waals surface area contributed by atoms with Crippen LogP contribution in [0.15, 0.2) is 0 Å². The van der Waals surface area contributed by atoms with Crippen molar-refractivity contribution in [2.75, 3.05) is 0 Å². The summed E-state index contributed by atoms with van der Waals surface area (Å²) < 4.78 is 9.70. The molecule has 0 saturated carbocycles. The van der Waals surface area contributed by atoms with E-state index in [1.165, 1.54) is 13.8 Å². The van der Waals surface area contributed by atoms with Gasteiger partial charge in [-0.15, -0.1) is 0 Å². The minimum atomic E-state index is -0.480. The van der Waals surface area contributed by atoms with Crippen molar-refractivity contribution >= 4 is 11.9 Å². The predicted octanol–water partition coefficient (Wildman–Crippen LogP) is 1.28. The highest BCUT2D eigenvalue weighted by atomic mass is 16.5. The van der Waals surface area contributed by atoms with Gasteiger partial charge in [0, 0.05) is 13.8 Å². The molecule has 0 aliphatic carbocycles. The van der Waals surface area contributed by atoms with E-state index in [9.17, 15) is 9.59 Å². The molecule has 0 heterocycles. The van der Waals surface area contributed by atoms with Crippen LogP contribution in [0.5, 0.6) is 0 Å². The third kappa shape index (κ3) is 7.56. The van der Waals surface area contributed by atoms with Gasteiger partial charge < -0.3 is 9.47 Å². The summed E-state index contributed by atoms with van der Waals surface area (Å²) in [6.45, 7) is 6.18. The van der Waals surface area contributed by atoms with Gasteiger partial charge in [-0.05, 0) is 13.3 Å². The first kappa shape index (κ1) is 13.5. The molecule has 0 spiro atoms. The van der Waals surface area contributed by atoms with Crippen molar-refractivity contribution in [3.05, 3.63) is 0 Å². The van der Waals surface area contributed by atoms with Crippen LogP contribution in [0.1, 0.15) is 34.1 Å². The van der Waals surface area contributed by atoms with E-state index in [1.807, 2.05) is 6.92 Å². The highest BCUT2D eigenvalue weighted by Gasteiger charge is 2.06. The van der Waals surface area contributed by atoms with E-state index in [1.54, 1.807) is 6.92 Å². The van der Waals surface area contributed by atoms with Crippen molar-refractivity contribution < 1.29 is 19.1 Å². The van der Waals surface area contributed by atoms with Gasteiger partial charge in [0.25, 0.3) is 0 Å². The molecule has 0 aromatic heterocycles. The Morgan fingerprint density at radius 2 is 1.67 bits per heavy atom. The molecule has 0 bridgehead atoms. The van der Waals surface area contributed by atoms with Crippen LogP contribution in [-0.2, 0) is 19.1 Å². The van der Waals surface area contributed by atoms with E-state index in [0.29, 0.717) is 6.42 Å². The van der Waals surface area contributed by atoms with Crippen LogP contribution in [-0.4, -0.2) is 24.1 Å². The molecule has 0 aromatic rings. The van der Waals surface area contributed by atoms with Gasteiger partial charge in [-0.2, -0.15) is 0 Å². The summed E-state index contributed by atoms with van der Waals surface area (Å²) in [7, 11) is 0. The summed E-state index contributed by atoms with van der Waals surface area (Å²) in [4.78, 5) is 21.2. The van der Waals surface area contributed by atoms with Gasteiger partial charge in [-0.3, -0.25) is 9.59 Å². The molecule has 0 N–H and O–H groups in total. The van der Waals surface area contributed by atoms with Crippen molar-refractivity contribution in [1.29, 1.82) is 0 Å². The Morgan fingerprint density at radius 1 is 1.13 bits per heavy atom. The van der Waals surface area contributed by atoms with E-state index in [2.05, 4.69) is 11.8 Å². The average molecular weight is 212 g/mol. The fourth-order valence-electron chi connectivity index (χ4n) is 0.904. The Labute approximate surface area is 89.9 Å². The second kappa shape index (κ2) is 6.88. The summed E-state index contributed by atoms with van der Waals surface area (Å²) in [5.74, 6) is 4.69. The quantitative estimate of drug-likeness (QED) is 0.522. The molecule has 4 heteroatoms. The summed E-state index contributed by atoms with van der Waals surface area (Å²) in [5, 5.41) is 0. The molecule has 0 fully saturated rings. The number of carbonyl (C=O) groups excluding carboxylic acids is 2. The van der Waals surface area contributed by atoms with Crippen LogP contribution in [0.3, 0.4) is 0 Å². The molecular formula is C11H16O4. The minimum absolute atomic E-state index is 0.365. The number of hydrogen-bond donors (Lipinski definition) is 0. The highest BCUT2D eigenvalue weighted by Crippen LogP contribution is 1.97. The number of esters is 2. The van der Waals surface area contributed by atoms with Crippen LogP contribution < -0.4 is 0 Å². The van der Waals surface area contributed by atoms with Gasteiger partial charge in [0.05, 0.1) is 0 Å². The Hall–Kier alpha value is -1.50. The molecule has 15 heavy (non-hydrogen) atoms. The van der Waals surface area contributed by atoms with Gasteiger partial charge in [0.1, 0.15) is 0 Å². The van der Waals surface area contributed by atoms with Gasteiger partial charge in [-0.25, -0.2) is 0 Å². The molecule has 0 aliphatic rings. The van der Waals surface area contributed by atoms with Crippen LogP contribution in [0.2, 0.25) is 0 Å². The molecule has 0 aromatic carbocycles. The molecule has 0 amide bonds. The normalized spacial score (nSPS) is 13.1. The molecule has 0 saturated heterocycles. The smallest absolute Gasteiger partial charge is 0.303 e. The lowest BCUT2D eigenvalue weighted by atomic mass is 10.2. The summed E-state index contributed by atoms with van der Waals surface area (Å²) in [5.41, 5.74) is 0. The van der Waals surface area contributed by atoms with Gasteiger partial charge >= 0.3 is 11.9 Å². The first-order chi connectivity index (χ1) is 6.95. The van der Waals surface area contributed by atoms with Crippen LogP contribution >= 0.6 is 0 Å². The third-order valence-electron chi connectivity index (χ3n) is 1.47. The maximum absolute atomic E-state index is 10.7. The fourth-order valence-corrected chi connectivity index (χ4v) is 0.904. The number of ether oxygens (including phenoxy) is 2. The van der Waals surface area contributed by atoms with E-state index >= 15 is 0 Å². The Morgan fingerprint density at radius 3 is 2.07 bits per heavy atom. The average Bonchev–Trinajstić information content (AvgIpc) is 2.10. The Balaban J connectivity index is 4.20. The first-order valence-electron chi connectivity index (χ1n) is 4.81. The van der Waals surface area contributed by atoms with Gasteiger partial charge in [-0.1, -0.05) is 18.8 Å². The molecule has 2 atom stereocenters. The second-order valence-corrected chi connectivity index (χ2v) is 3.05. The van der Waals surface area contributed by atoms with E-state index in [0.717, 1.165) is 0 Å². The monoisotopic (exact) mass is 212 g/mol. The van der Waals surface area contributed by atoms with Gasteiger partial charge in [0.15, 0.2) is 12.2 Å². The fraction of sp³-hybridized carbons (Fsp3) is 0.636. The maximum Gasteiger partial charge on any atom is 0.303 e. The summed E-state index contributed by atoms with van der Waals surface area (Å²) in [6, 6.07) is 0. The Kier molecular flexibility index (Phi) is 6.19. The summed E-state index contributed by atoms with van der Waals surface area (Å²) in [6.07, 6.45) is -0.299. The molecule has 2 unspecified atom stereocenters. The Bertz CT molecular complexity index is 285. The number of hydrogen-bond acceptors (Lipinski definition) is 4. The topological polar surface area (TPSA) is 52.6 Å². The summed E-state index contributed by atoms with van der Waals surface area (Å²) >= 11 is 0. The lowest BCUT2D eigenvalue weighted by Gasteiger charge is -2.08. The zero-order valence-corrected chi connectivity index (χ0v) is 9.49. The zero-order valence-electron chi connectivity index (χ0n) is 9.49. The van der Waals surface area contributed by atoms with Crippen molar-refractivity contribution in [2.24, 2.45) is 0 Å². The van der Waals surface area contributed by atoms with Crippen molar-refractivity contribution in [3.63, 3.8) is 0 Å². The van der Waals surface area contributed by atoms with Crippen molar-refractivity contribution in [2.45, 2.75) is 46.3 Å². The number of carbonyl (C=O) groups is 2. The first-order valence-corrected chi connectivity index (χ1v) is 4.81. The van der Waals surface area contributed by atoms with Crippen LogP contribution in [0, 0.1) is 11.8 Å². The van der Waals surface area contributed by atoms with E-state index in [-0.39, 0.29) is 11.9 Å². The second-order valence-electron chi connectivity index (χ2n) is 3.05. The standard InChI is InChI=1S/C11H16O4/c1-5-11(15-10(4)13)7-6-8(2)14-9(3)12/h8,11H,5H2,1-4H3. The van der Waals surface area contributed by atoms with E-state index < -0.39 is 12.2 Å². The van der Waals surface area contributed by atoms with Gasteiger partial charge in [0.2, 0.25) is 0 Å². The molecular weight excluding hydrogens is 196 g/mol. The number of rotatable bonds is 3.